The third kappa shape index (κ3) is 7.05. The molecule has 1 amide bonds. The molecule has 1 aliphatic heterocycles. The van der Waals surface area contributed by atoms with Crippen LogP contribution in [0.4, 0.5) is 24.5 Å². The smallest absolute Gasteiger partial charge is 0.386 e. The van der Waals surface area contributed by atoms with Crippen molar-refractivity contribution in [1.29, 1.82) is 5.41 Å². The first-order valence-electron chi connectivity index (χ1n) is 12.8. The summed E-state index contributed by atoms with van der Waals surface area (Å²) in [6.45, 7) is 5.44. The number of nitrogens with one attached hydrogen (secondary N) is 3. The Bertz CT molecular complexity index is 1470. The first-order chi connectivity index (χ1) is 19.1. The van der Waals surface area contributed by atoms with E-state index >= 15 is 0 Å². The van der Waals surface area contributed by atoms with E-state index in [0.717, 1.165) is 43.9 Å². The summed E-state index contributed by atoms with van der Waals surface area (Å²) in [7, 11) is 3.75. The van der Waals surface area contributed by atoms with E-state index in [-0.39, 0.29) is 11.3 Å². The minimum atomic E-state index is -4.54. The Morgan fingerprint density at radius 3 is 2.48 bits per heavy atom. The van der Waals surface area contributed by atoms with Crippen molar-refractivity contribution >= 4 is 23.5 Å². The fourth-order valence-corrected chi connectivity index (χ4v) is 4.44. The zero-order chi connectivity index (χ0) is 28.9. The van der Waals surface area contributed by atoms with E-state index in [9.17, 15) is 18.0 Å². The molecule has 7 nitrogen and oxygen atoms in total. The van der Waals surface area contributed by atoms with E-state index < -0.39 is 17.6 Å². The van der Waals surface area contributed by atoms with Gasteiger partial charge in [0.25, 0.3) is 5.91 Å². The lowest BCUT2D eigenvalue weighted by atomic mass is 10.0. The minimum Gasteiger partial charge on any atom is -0.386 e. The molecule has 40 heavy (non-hydrogen) atoms. The lowest BCUT2D eigenvalue weighted by molar-refractivity contribution is -0.137. The summed E-state index contributed by atoms with van der Waals surface area (Å²) in [4.78, 5) is 21.6. The lowest BCUT2D eigenvalue weighted by Crippen LogP contribution is -2.43. The normalized spacial score (nSPS) is 14.2. The van der Waals surface area contributed by atoms with Crippen molar-refractivity contribution in [3.05, 3.63) is 87.7 Å². The summed E-state index contributed by atoms with van der Waals surface area (Å²) in [5.74, 6) is 5.52. The van der Waals surface area contributed by atoms with Gasteiger partial charge in [-0.05, 0) is 55.4 Å². The molecular weight excluding hydrogens is 517 g/mol. The fraction of sp³-hybridized carbons (Fsp3) is 0.300. The number of amides is 1. The van der Waals surface area contributed by atoms with Gasteiger partial charge in [0.05, 0.1) is 23.0 Å². The Labute approximate surface area is 231 Å². The molecule has 0 radical (unpaired) electrons. The Hall–Kier alpha value is -4.20. The third-order valence-electron chi connectivity index (χ3n) is 6.81. The summed E-state index contributed by atoms with van der Waals surface area (Å²) in [5.41, 5.74) is 3.25. The van der Waals surface area contributed by atoms with Crippen LogP contribution >= 0.6 is 0 Å². The van der Waals surface area contributed by atoms with Crippen molar-refractivity contribution in [2.75, 3.05) is 50.9 Å². The van der Waals surface area contributed by atoms with Crippen molar-refractivity contribution in [3.63, 3.8) is 0 Å². The van der Waals surface area contributed by atoms with Gasteiger partial charge in [-0.1, -0.05) is 17.9 Å². The first kappa shape index (κ1) is 28.8. The lowest BCUT2D eigenvalue weighted by Gasteiger charge is -2.32. The number of anilines is 2. The number of halogens is 3. The number of likely N-dealkylation sites (N-methyl/N-ethyl adjacent to an activating group) is 1. The van der Waals surface area contributed by atoms with Crippen LogP contribution in [-0.4, -0.2) is 67.2 Å². The second kappa shape index (κ2) is 12.3. The maximum Gasteiger partial charge on any atom is 0.416 e. The number of rotatable bonds is 6. The number of nitrogens with zero attached hydrogens (tertiary/aromatic N) is 3. The quantitative estimate of drug-likeness (QED) is 0.303. The number of hydrogen-bond donors (Lipinski definition) is 3. The van der Waals surface area contributed by atoms with E-state index in [0.29, 0.717) is 34.5 Å². The third-order valence-corrected chi connectivity index (χ3v) is 6.81. The molecule has 1 aromatic heterocycles. The highest BCUT2D eigenvalue weighted by Gasteiger charge is 2.31. The Morgan fingerprint density at radius 1 is 1.07 bits per heavy atom. The van der Waals surface area contributed by atoms with E-state index in [1.807, 2.05) is 14.0 Å². The van der Waals surface area contributed by atoms with Gasteiger partial charge in [0, 0.05) is 74.6 Å². The van der Waals surface area contributed by atoms with Crippen molar-refractivity contribution in [3.8, 4) is 11.8 Å². The minimum absolute atomic E-state index is 0.0859. The molecule has 0 saturated carbocycles. The van der Waals surface area contributed by atoms with Crippen molar-refractivity contribution in [1.82, 2.24) is 14.8 Å². The molecule has 3 N–H and O–H groups in total. The topological polar surface area (TPSA) is 84.4 Å². The van der Waals surface area contributed by atoms with Gasteiger partial charge in [-0.15, -0.1) is 0 Å². The molecule has 0 spiro atoms. The molecule has 1 fully saturated rings. The summed E-state index contributed by atoms with van der Waals surface area (Å²) < 4.78 is 41.1. The molecule has 4 rings (SSSR count). The van der Waals surface area contributed by atoms with Crippen molar-refractivity contribution in [2.45, 2.75) is 19.6 Å². The van der Waals surface area contributed by atoms with Crippen LogP contribution in [0.5, 0.6) is 0 Å². The average molecular weight is 549 g/mol. The SMILES string of the molecule is CNc1cncc(C#Cc2cc(C(=O)Nc3cc(CN4CCN(C)CC4)cc(C(F)(F)F)c3)ccc2C)c1C=N. The van der Waals surface area contributed by atoms with Crippen molar-refractivity contribution in [2.24, 2.45) is 0 Å². The van der Waals surface area contributed by atoms with E-state index in [2.05, 4.69) is 37.3 Å². The number of aryl methyl sites for hydroxylation is 1. The van der Waals surface area contributed by atoms with Crippen LogP contribution in [0, 0.1) is 24.2 Å². The zero-order valence-electron chi connectivity index (χ0n) is 22.6. The van der Waals surface area contributed by atoms with Crippen LogP contribution in [0.25, 0.3) is 0 Å². The molecular formula is C30H31F3N6O. The maximum absolute atomic E-state index is 13.7. The molecule has 0 unspecified atom stereocenters. The summed E-state index contributed by atoms with van der Waals surface area (Å²) in [6.07, 6.45) is -0.181. The molecule has 3 aromatic rings. The molecule has 0 aliphatic carbocycles. The highest BCUT2D eigenvalue weighted by Crippen LogP contribution is 2.32. The first-order valence-corrected chi connectivity index (χ1v) is 12.8. The maximum atomic E-state index is 13.7. The van der Waals surface area contributed by atoms with Gasteiger partial charge in [0.2, 0.25) is 0 Å². The molecule has 10 heteroatoms. The van der Waals surface area contributed by atoms with Gasteiger partial charge in [-0.3, -0.25) is 14.7 Å². The van der Waals surface area contributed by atoms with Gasteiger partial charge >= 0.3 is 6.18 Å². The number of alkyl halides is 3. The van der Waals surface area contributed by atoms with Crippen LogP contribution in [0.3, 0.4) is 0 Å². The largest absolute Gasteiger partial charge is 0.416 e. The van der Waals surface area contributed by atoms with E-state index in [4.69, 9.17) is 5.41 Å². The zero-order valence-corrected chi connectivity index (χ0v) is 22.6. The number of piperazine rings is 1. The van der Waals surface area contributed by atoms with Gasteiger partial charge in [-0.2, -0.15) is 13.2 Å². The van der Waals surface area contributed by atoms with Gasteiger partial charge in [0.1, 0.15) is 0 Å². The molecule has 0 bridgehead atoms. The monoisotopic (exact) mass is 548 g/mol. The second-order valence-corrected chi connectivity index (χ2v) is 9.77. The predicted molar refractivity (Wildman–Crippen MR) is 151 cm³/mol. The van der Waals surface area contributed by atoms with Crippen LogP contribution in [0.15, 0.2) is 48.8 Å². The average Bonchev–Trinajstić information content (AvgIpc) is 2.92. The molecule has 1 aliphatic rings. The Morgan fingerprint density at radius 2 is 1.80 bits per heavy atom. The molecule has 2 heterocycles. The number of hydrogen-bond acceptors (Lipinski definition) is 6. The molecule has 1 saturated heterocycles. The van der Waals surface area contributed by atoms with E-state index in [1.165, 1.54) is 6.21 Å². The van der Waals surface area contributed by atoms with Crippen LogP contribution < -0.4 is 10.6 Å². The van der Waals surface area contributed by atoms with E-state index in [1.54, 1.807) is 43.7 Å². The molecule has 2 aromatic carbocycles. The highest BCUT2D eigenvalue weighted by atomic mass is 19.4. The number of carbonyl (C=O) groups is 1. The molecule has 0 atom stereocenters. The number of pyridine rings is 1. The number of benzene rings is 2. The fourth-order valence-electron chi connectivity index (χ4n) is 4.44. The van der Waals surface area contributed by atoms with Crippen molar-refractivity contribution < 1.29 is 18.0 Å². The number of aromatic nitrogens is 1. The standard InChI is InChI=1S/C30H31F3N6O/c1-20-4-5-23(14-22(20)6-7-24-17-36-18-28(35-2)27(24)16-34)29(40)37-26-13-21(12-25(15-26)30(31,32)33)19-39-10-8-38(3)9-11-39/h4-5,12-18,34-35H,8-11,19H2,1-3H3,(H,37,40). The van der Waals surface area contributed by atoms with Gasteiger partial charge in [0.15, 0.2) is 0 Å². The summed E-state index contributed by atoms with van der Waals surface area (Å²) in [6, 6.07) is 8.66. The highest BCUT2D eigenvalue weighted by molar-refractivity contribution is 6.04. The summed E-state index contributed by atoms with van der Waals surface area (Å²) in [5, 5.41) is 13.3. The Balaban J connectivity index is 1.58. The second-order valence-electron chi connectivity index (χ2n) is 9.77. The Kier molecular flexibility index (Phi) is 8.87. The van der Waals surface area contributed by atoms with Crippen LogP contribution in [0.1, 0.15) is 43.7 Å². The van der Waals surface area contributed by atoms with Gasteiger partial charge < -0.3 is 20.9 Å². The summed E-state index contributed by atoms with van der Waals surface area (Å²) >= 11 is 0. The number of carbonyl (C=O) groups excluding carboxylic acids is 1. The van der Waals surface area contributed by atoms with Crippen LogP contribution in [-0.2, 0) is 12.7 Å². The predicted octanol–water partition coefficient (Wildman–Crippen LogP) is 4.85. The molecule has 208 valence electrons. The van der Waals surface area contributed by atoms with Crippen LogP contribution in [0.2, 0.25) is 0 Å². The van der Waals surface area contributed by atoms with Gasteiger partial charge in [-0.25, -0.2) is 0 Å².